The van der Waals surface area contributed by atoms with Gasteiger partial charge in [0.05, 0.1) is 26.4 Å². The number of amides is 1. The zero-order valence-corrected chi connectivity index (χ0v) is 18.3. The van der Waals surface area contributed by atoms with Crippen molar-refractivity contribution >= 4 is 59.2 Å². The second kappa shape index (κ2) is 10.8. The summed E-state index contributed by atoms with van der Waals surface area (Å²) in [6.07, 6.45) is 0. The lowest BCUT2D eigenvalue weighted by molar-refractivity contribution is -0.125. The van der Waals surface area contributed by atoms with Crippen LogP contribution in [0.15, 0.2) is 0 Å². The van der Waals surface area contributed by atoms with E-state index in [0.29, 0.717) is 13.2 Å². The van der Waals surface area contributed by atoms with Crippen molar-refractivity contribution in [2.24, 2.45) is 0 Å². The summed E-state index contributed by atoms with van der Waals surface area (Å²) in [7, 11) is 3.07. The molecule has 0 heterocycles. The Labute approximate surface area is 163 Å². The van der Waals surface area contributed by atoms with Crippen LogP contribution in [-0.4, -0.2) is 60.7 Å². The molecule has 0 aromatic heterocycles. The Morgan fingerprint density at radius 1 is 1.04 bits per heavy atom. The normalized spacial score (nSPS) is 13.4. The standard InChI is InChI=1S/C12H24Cl3N2O5PS/c1-11(2,3)17(16-10(18)12(13,14)15)23(24,21-8-6-19-4)22-9-7-20-5/h6-9H2,1-5H3,(H,16,18). The predicted molar refractivity (Wildman–Crippen MR) is 100.0 cm³/mol. The Kier molecular flexibility index (Phi) is 11.2. The van der Waals surface area contributed by atoms with Crippen LogP contribution in [0, 0.1) is 0 Å². The van der Waals surface area contributed by atoms with Crippen LogP contribution in [0.5, 0.6) is 0 Å². The molecule has 0 aliphatic rings. The molecule has 1 amide bonds. The number of alkyl halides is 3. The minimum Gasteiger partial charge on any atom is -0.382 e. The molecule has 0 radical (unpaired) electrons. The molecule has 0 aliphatic heterocycles. The molecule has 1 N–H and O–H groups in total. The van der Waals surface area contributed by atoms with E-state index in [1.807, 2.05) is 20.8 Å². The van der Waals surface area contributed by atoms with Crippen LogP contribution in [0.3, 0.4) is 0 Å². The third kappa shape index (κ3) is 8.94. The first-order valence-electron chi connectivity index (χ1n) is 6.94. The molecule has 0 spiro atoms. The van der Waals surface area contributed by atoms with Crippen molar-refractivity contribution in [2.75, 3.05) is 40.6 Å². The van der Waals surface area contributed by atoms with E-state index in [9.17, 15) is 4.79 Å². The van der Waals surface area contributed by atoms with E-state index in [4.69, 9.17) is 65.1 Å². The average molecular weight is 446 g/mol. The lowest BCUT2D eigenvalue weighted by Gasteiger charge is -2.42. The maximum Gasteiger partial charge on any atom is 0.286 e. The van der Waals surface area contributed by atoms with Gasteiger partial charge in [-0.15, -0.1) is 4.78 Å². The fraction of sp³-hybridized carbons (Fsp3) is 0.917. The summed E-state index contributed by atoms with van der Waals surface area (Å²) < 4.78 is 20.6. The third-order valence-corrected chi connectivity index (χ3v) is 6.27. The highest BCUT2D eigenvalue weighted by molar-refractivity contribution is 8.08. The van der Waals surface area contributed by atoms with Crippen LogP contribution in [0.1, 0.15) is 20.8 Å². The second-order valence-electron chi connectivity index (χ2n) is 5.54. The number of hydrogen-bond donors (Lipinski definition) is 1. The van der Waals surface area contributed by atoms with E-state index < -0.39 is 21.9 Å². The zero-order valence-electron chi connectivity index (χ0n) is 14.3. The monoisotopic (exact) mass is 444 g/mol. The molecule has 144 valence electrons. The molecule has 7 nitrogen and oxygen atoms in total. The van der Waals surface area contributed by atoms with E-state index in [2.05, 4.69) is 5.43 Å². The molecule has 0 rings (SSSR count). The summed E-state index contributed by atoms with van der Waals surface area (Å²) in [5, 5.41) is 0. The van der Waals surface area contributed by atoms with Gasteiger partial charge in [0, 0.05) is 19.8 Å². The largest absolute Gasteiger partial charge is 0.382 e. The molecule has 0 atom stereocenters. The van der Waals surface area contributed by atoms with E-state index >= 15 is 0 Å². The molecular weight excluding hydrogens is 422 g/mol. The summed E-state index contributed by atoms with van der Waals surface area (Å²) >= 11 is 22.5. The fourth-order valence-electron chi connectivity index (χ4n) is 1.38. The van der Waals surface area contributed by atoms with Gasteiger partial charge in [0.2, 0.25) is 0 Å². The van der Waals surface area contributed by atoms with E-state index in [0.717, 1.165) is 0 Å². The minimum absolute atomic E-state index is 0.178. The quantitative estimate of drug-likeness (QED) is 0.240. The Morgan fingerprint density at radius 2 is 1.46 bits per heavy atom. The van der Waals surface area contributed by atoms with Gasteiger partial charge in [0.15, 0.2) is 0 Å². The van der Waals surface area contributed by atoms with Gasteiger partial charge in [-0.3, -0.25) is 10.2 Å². The van der Waals surface area contributed by atoms with Crippen molar-refractivity contribution in [1.82, 2.24) is 10.2 Å². The molecule has 0 bridgehead atoms. The topological polar surface area (TPSA) is 69.3 Å². The highest BCUT2D eigenvalue weighted by atomic mass is 35.6. The first-order valence-corrected chi connectivity index (χ1v) is 10.7. The Balaban J connectivity index is 5.47. The van der Waals surface area contributed by atoms with Crippen molar-refractivity contribution in [2.45, 2.75) is 30.1 Å². The van der Waals surface area contributed by atoms with Gasteiger partial charge >= 0.3 is 0 Å². The summed E-state index contributed by atoms with van der Waals surface area (Å²) in [4.78, 5) is 12.1. The Morgan fingerprint density at radius 3 is 1.75 bits per heavy atom. The van der Waals surface area contributed by atoms with Crippen molar-refractivity contribution in [3.63, 3.8) is 0 Å². The van der Waals surface area contributed by atoms with Gasteiger partial charge in [-0.1, -0.05) is 34.8 Å². The smallest absolute Gasteiger partial charge is 0.286 e. The lowest BCUT2D eigenvalue weighted by Crippen LogP contribution is -2.53. The Bertz CT molecular complexity index is 431. The van der Waals surface area contributed by atoms with Crippen LogP contribution in [0.4, 0.5) is 0 Å². The number of carbonyl (C=O) groups excluding carboxylic acids is 1. The lowest BCUT2D eigenvalue weighted by atomic mass is 10.1. The van der Waals surface area contributed by atoms with Crippen LogP contribution >= 0.6 is 41.4 Å². The van der Waals surface area contributed by atoms with Crippen molar-refractivity contribution in [3.05, 3.63) is 0 Å². The summed E-state index contributed by atoms with van der Waals surface area (Å²) in [5.41, 5.74) is 1.84. The van der Waals surface area contributed by atoms with Gasteiger partial charge in [0.25, 0.3) is 16.3 Å². The van der Waals surface area contributed by atoms with Gasteiger partial charge in [-0.05, 0) is 32.6 Å². The number of nitrogens with one attached hydrogen (secondary N) is 1. The van der Waals surface area contributed by atoms with Gasteiger partial charge in [0.1, 0.15) is 0 Å². The molecule has 24 heavy (non-hydrogen) atoms. The van der Waals surface area contributed by atoms with E-state index in [1.165, 1.54) is 19.0 Å². The number of hydrazine groups is 1. The van der Waals surface area contributed by atoms with Gasteiger partial charge in [-0.2, -0.15) is 0 Å². The zero-order chi connectivity index (χ0) is 19.0. The van der Waals surface area contributed by atoms with E-state index in [1.54, 1.807) is 0 Å². The number of rotatable bonds is 10. The number of nitrogens with zero attached hydrogens (tertiary/aromatic N) is 1. The van der Waals surface area contributed by atoms with Crippen molar-refractivity contribution in [1.29, 1.82) is 0 Å². The SMILES string of the molecule is COCCOP(=S)(OCCOC)N(NC(=O)C(Cl)(Cl)Cl)C(C)(C)C. The molecule has 0 saturated heterocycles. The number of carbonyl (C=O) groups is 1. The molecule has 0 fully saturated rings. The Hall–Kier alpha value is 0.790. The molecule has 12 heteroatoms. The minimum atomic E-state index is -3.14. The van der Waals surface area contributed by atoms with E-state index in [-0.39, 0.29) is 13.2 Å². The van der Waals surface area contributed by atoms with Crippen LogP contribution in [0.25, 0.3) is 0 Å². The number of halogens is 3. The maximum atomic E-state index is 12.1. The fourth-order valence-corrected chi connectivity index (χ4v) is 4.68. The first-order chi connectivity index (χ1) is 10.9. The molecule has 0 saturated carbocycles. The average Bonchev–Trinajstić information content (AvgIpc) is 2.42. The van der Waals surface area contributed by atoms with Crippen LogP contribution in [-0.2, 0) is 35.1 Å². The second-order valence-corrected chi connectivity index (χ2v) is 11.1. The summed E-state index contributed by atoms with van der Waals surface area (Å²) in [5.74, 6) is -0.859. The highest BCUT2D eigenvalue weighted by Crippen LogP contribution is 2.54. The van der Waals surface area contributed by atoms with Crippen LogP contribution < -0.4 is 5.43 Å². The first kappa shape index (κ1) is 24.8. The van der Waals surface area contributed by atoms with Gasteiger partial charge < -0.3 is 18.5 Å². The van der Waals surface area contributed by atoms with Crippen molar-refractivity contribution < 1.29 is 23.3 Å². The molecule has 0 aliphatic carbocycles. The molecule has 0 aromatic rings. The number of ether oxygens (including phenoxy) is 2. The maximum absolute atomic E-state index is 12.1. The van der Waals surface area contributed by atoms with Gasteiger partial charge in [-0.25, -0.2) is 0 Å². The highest BCUT2D eigenvalue weighted by Gasteiger charge is 2.42. The molecule has 0 aromatic carbocycles. The number of hydrogen-bond acceptors (Lipinski definition) is 6. The number of methoxy groups -OCH3 is 2. The van der Waals surface area contributed by atoms with Crippen LogP contribution in [0.2, 0.25) is 0 Å². The van der Waals surface area contributed by atoms with Crippen molar-refractivity contribution in [3.8, 4) is 0 Å². The molecule has 0 unspecified atom stereocenters. The summed E-state index contributed by atoms with van der Waals surface area (Å²) in [6, 6.07) is 0. The third-order valence-electron chi connectivity index (χ3n) is 2.43. The summed E-state index contributed by atoms with van der Waals surface area (Å²) in [6.45, 7) is 3.27. The predicted octanol–water partition coefficient (Wildman–Crippen LogP) is 3.04. The molecular formula is C12H24Cl3N2O5PS.